The molecule has 0 spiro atoms. The van der Waals surface area contributed by atoms with E-state index >= 15 is 0 Å². The molecule has 0 saturated heterocycles. The molecular weight excluding hydrogens is 320 g/mol. The first-order valence-electron chi connectivity index (χ1n) is 8.91. The van der Waals surface area contributed by atoms with E-state index < -0.39 is 0 Å². The number of hydrogen-bond acceptors (Lipinski definition) is 3. The molecule has 1 aliphatic carbocycles. The van der Waals surface area contributed by atoms with Crippen LogP contribution in [0.4, 0.5) is 5.69 Å². The topological polar surface area (TPSA) is 52.9 Å². The number of carbonyl (C=O) groups is 1. The molecule has 2 aromatic carbocycles. The molecule has 1 heterocycles. The zero-order chi connectivity index (χ0) is 18.6. The molecule has 0 fully saturated rings. The van der Waals surface area contributed by atoms with Gasteiger partial charge in [0.2, 0.25) is 0 Å². The standard InChI is InChI=1S/C23H20N2O/c1-5-14-10-17-18(11-15(14)6-2)23(3,4)22-20(21(17)26)16-8-7-13(12-24)9-19(16)25-22/h2,7-11,20,22,25H,5H2,1,3-4H3. The van der Waals surface area contributed by atoms with Crippen LogP contribution >= 0.6 is 0 Å². The lowest BCUT2D eigenvalue weighted by Crippen LogP contribution is -2.48. The molecular formula is C23H20N2O. The summed E-state index contributed by atoms with van der Waals surface area (Å²) in [5.74, 6) is 2.68. The van der Waals surface area contributed by atoms with Gasteiger partial charge in [-0.1, -0.05) is 32.8 Å². The number of nitrogens with zero attached hydrogens (tertiary/aromatic N) is 1. The van der Waals surface area contributed by atoms with Gasteiger partial charge in [0, 0.05) is 28.3 Å². The minimum absolute atomic E-state index is 0.0513. The molecule has 3 nitrogen and oxygen atoms in total. The van der Waals surface area contributed by atoms with Gasteiger partial charge in [-0.05, 0) is 47.4 Å². The normalized spacial score (nSPS) is 21.7. The van der Waals surface area contributed by atoms with Crippen molar-refractivity contribution in [2.45, 2.75) is 44.6 Å². The molecule has 2 atom stereocenters. The number of Topliss-reactive ketones (excluding diaryl/α,β-unsaturated/α-hetero) is 1. The smallest absolute Gasteiger partial charge is 0.172 e. The molecule has 2 aromatic rings. The van der Waals surface area contributed by atoms with E-state index in [9.17, 15) is 10.1 Å². The molecule has 0 aromatic heterocycles. The lowest BCUT2D eigenvalue weighted by atomic mass is 9.63. The molecule has 1 aliphatic heterocycles. The Morgan fingerprint density at radius 2 is 2.04 bits per heavy atom. The van der Waals surface area contributed by atoms with Crippen molar-refractivity contribution in [1.29, 1.82) is 5.26 Å². The Morgan fingerprint density at radius 1 is 1.27 bits per heavy atom. The first-order valence-corrected chi connectivity index (χ1v) is 8.91. The summed E-state index contributed by atoms with van der Waals surface area (Å²) in [7, 11) is 0. The lowest BCUT2D eigenvalue weighted by Gasteiger charge is -2.41. The third kappa shape index (κ3) is 2.04. The summed E-state index contributed by atoms with van der Waals surface area (Å²) in [5.41, 5.74) is 5.91. The van der Waals surface area contributed by atoms with E-state index in [1.807, 2.05) is 24.3 Å². The number of hydrogen-bond donors (Lipinski definition) is 1. The maximum atomic E-state index is 13.4. The summed E-state index contributed by atoms with van der Waals surface area (Å²) in [5, 5.41) is 12.7. The van der Waals surface area contributed by atoms with Crippen LogP contribution in [-0.4, -0.2) is 11.8 Å². The number of carbonyl (C=O) groups excluding carboxylic acids is 1. The molecule has 2 unspecified atom stereocenters. The Kier molecular flexibility index (Phi) is 3.46. The van der Waals surface area contributed by atoms with Gasteiger partial charge in [-0.15, -0.1) is 6.42 Å². The summed E-state index contributed by atoms with van der Waals surface area (Å²) < 4.78 is 0. The van der Waals surface area contributed by atoms with E-state index in [-0.39, 0.29) is 23.2 Å². The second-order valence-corrected chi connectivity index (χ2v) is 7.65. The van der Waals surface area contributed by atoms with Crippen molar-refractivity contribution in [2.24, 2.45) is 0 Å². The average Bonchev–Trinajstić information content (AvgIpc) is 3.05. The summed E-state index contributed by atoms with van der Waals surface area (Å²) in [6.45, 7) is 6.37. The predicted molar refractivity (Wildman–Crippen MR) is 102 cm³/mol. The molecule has 0 saturated carbocycles. The Hall–Kier alpha value is -3.04. The van der Waals surface area contributed by atoms with Crippen LogP contribution < -0.4 is 5.32 Å². The summed E-state index contributed by atoms with van der Waals surface area (Å²) in [4.78, 5) is 13.4. The number of nitriles is 1. The maximum absolute atomic E-state index is 13.4. The highest BCUT2D eigenvalue weighted by molar-refractivity contribution is 6.07. The Bertz CT molecular complexity index is 1030. The van der Waals surface area contributed by atoms with Gasteiger partial charge in [0.1, 0.15) is 0 Å². The number of terminal acetylenes is 1. The fourth-order valence-electron chi connectivity index (χ4n) is 4.49. The van der Waals surface area contributed by atoms with E-state index in [0.717, 1.165) is 39.9 Å². The molecule has 1 N–H and O–H groups in total. The van der Waals surface area contributed by atoms with E-state index in [2.05, 4.69) is 38.1 Å². The molecule has 0 radical (unpaired) electrons. The van der Waals surface area contributed by atoms with E-state index in [1.54, 1.807) is 6.07 Å². The number of fused-ring (bicyclic) bond motifs is 4. The quantitative estimate of drug-likeness (QED) is 0.793. The van der Waals surface area contributed by atoms with Crippen molar-refractivity contribution in [3.8, 4) is 18.4 Å². The molecule has 0 bridgehead atoms. The van der Waals surface area contributed by atoms with Crippen LogP contribution in [0.2, 0.25) is 0 Å². The maximum Gasteiger partial charge on any atom is 0.172 e. The molecule has 26 heavy (non-hydrogen) atoms. The highest BCUT2D eigenvalue weighted by Gasteiger charge is 2.51. The number of rotatable bonds is 1. The summed E-state index contributed by atoms with van der Waals surface area (Å²) in [6.07, 6.45) is 6.51. The largest absolute Gasteiger partial charge is 0.380 e. The number of benzene rings is 2. The zero-order valence-electron chi connectivity index (χ0n) is 15.2. The number of nitrogens with one attached hydrogen (secondary N) is 1. The van der Waals surface area contributed by atoms with Crippen molar-refractivity contribution in [1.82, 2.24) is 0 Å². The van der Waals surface area contributed by atoms with Gasteiger partial charge in [-0.25, -0.2) is 0 Å². The Morgan fingerprint density at radius 3 is 2.69 bits per heavy atom. The Balaban J connectivity index is 1.94. The van der Waals surface area contributed by atoms with Gasteiger partial charge in [0.05, 0.1) is 17.6 Å². The van der Waals surface area contributed by atoms with Gasteiger partial charge < -0.3 is 5.32 Å². The van der Waals surface area contributed by atoms with Crippen molar-refractivity contribution < 1.29 is 4.79 Å². The van der Waals surface area contributed by atoms with Gasteiger partial charge in [0.15, 0.2) is 5.78 Å². The minimum atomic E-state index is -0.266. The summed E-state index contributed by atoms with van der Waals surface area (Å²) >= 11 is 0. The van der Waals surface area contributed by atoms with Crippen molar-refractivity contribution in [3.63, 3.8) is 0 Å². The van der Waals surface area contributed by atoms with Crippen molar-refractivity contribution in [3.05, 3.63) is 63.7 Å². The zero-order valence-corrected chi connectivity index (χ0v) is 15.2. The van der Waals surface area contributed by atoms with Crippen molar-refractivity contribution >= 4 is 11.5 Å². The summed E-state index contributed by atoms with van der Waals surface area (Å²) in [6, 6.07) is 11.7. The number of anilines is 1. The highest BCUT2D eigenvalue weighted by atomic mass is 16.1. The van der Waals surface area contributed by atoms with Gasteiger partial charge >= 0.3 is 0 Å². The van der Waals surface area contributed by atoms with Crippen LogP contribution in [0.1, 0.15) is 64.9 Å². The highest BCUT2D eigenvalue weighted by Crippen LogP contribution is 2.51. The average molecular weight is 340 g/mol. The second kappa shape index (κ2) is 5.48. The molecule has 3 heteroatoms. The molecule has 2 aliphatic rings. The van der Waals surface area contributed by atoms with Gasteiger partial charge in [0.25, 0.3) is 0 Å². The van der Waals surface area contributed by atoms with Crippen LogP contribution in [0.5, 0.6) is 0 Å². The first-order chi connectivity index (χ1) is 12.4. The lowest BCUT2D eigenvalue weighted by molar-refractivity contribution is 0.0922. The predicted octanol–water partition coefficient (Wildman–Crippen LogP) is 4.15. The van der Waals surface area contributed by atoms with E-state index in [1.165, 1.54) is 0 Å². The second-order valence-electron chi connectivity index (χ2n) is 7.65. The monoisotopic (exact) mass is 340 g/mol. The number of aryl methyl sites for hydroxylation is 1. The Labute approximate surface area is 154 Å². The molecule has 128 valence electrons. The molecule has 0 amide bonds. The molecule has 4 rings (SSSR count). The van der Waals surface area contributed by atoms with Crippen LogP contribution in [0.25, 0.3) is 0 Å². The van der Waals surface area contributed by atoms with Crippen LogP contribution in [0.15, 0.2) is 30.3 Å². The van der Waals surface area contributed by atoms with E-state index in [4.69, 9.17) is 6.42 Å². The fourth-order valence-corrected chi connectivity index (χ4v) is 4.49. The van der Waals surface area contributed by atoms with Crippen LogP contribution in [-0.2, 0) is 11.8 Å². The SMILES string of the molecule is C#Cc1cc2c(cc1CC)C(=O)C1c3ccc(C#N)cc3NC1C2(C)C. The number of ketones is 1. The van der Waals surface area contributed by atoms with Gasteiger partial charge in [-0.3, -0.25) is 4.79 Å². The fraction of sp³-hybridized carbons (Fsp3) is 0.304. The minimum Gasteiger partial charge on any atom is -0.380 e. The first kappa shape index (κ1) is 16.4. The van der Waals surface area contributed by atoms with Crippen LogP contribution in [0, 0.1) is 23.7 Å². The van der Waals surface area contributed by atoms with E-state index in [0.29, 0.717) is 5.56 Å². The third-order valence-corrected chi connectivity index (χ3v) is 5.96. The van der Waals surface area contributed by atoms with Crippen molar-refractivity contribution in [2.75, 3.05) is 5.32 Å². The third-order valence-electron chi connectivity index (χ3n) is 5.96. The van der Waals surface area contributed by atoms with Gasteiger partial charge in [-0.2, -0.15) is 5.26 Å². The van der Waals surface area contributed by atoms with Crippen LogP contribution in [0.3, 0.4) is 0 Å².